The molecule has 1 heterocycles. The molecule has 1 N–H and O–H groups in total. The highest BCUT2D eigenvalue weighted by Gasteiger charge is 2.54. The smallest absolute Gasteiger partial charge is 0.418 e. The minimum Gasteiger partial charge on any atom is -0.444 e. The van der Waals surface area contributed by atoms with Gasteiger partial charge in [0.15, 0.2) is 6.10 Å². The van der Waals surface area contributed by atoms with Crippen LogP contribution in [-0.2, 0) is 10.9 Å². The number of carbonyl (C=O) groups is 1. The number of anilines is 1. The number of nitriles is 1. The second-order valence-corrected chi connectivity index (χ2v) is 5.68. The van der Waals surface area contributed by atoms with E-state index in [0.29, 0.717) is 4.90 Å². The molecule has 1 aliphatic heterocycles. The molecule has 5 nitrogen and oxygen atoms in total. The van der Waals surface area contributed by atoms with Crippen LogP contribution < -0.4 is 4.90 Å². The van der Waals surface area contributed by atoms with Crippen LogP contribution in [0.3, 0.4) is 0 Å². The zero-order valence-electron chi connectivity index (χ0n) is 13.3. The number of aliphatic hydroxyl groups excluding tert-OH is 1. The van der Waals surface area contributed by atoms with Crippen molar-refractivity contribution >= 4 is 11.8 Å². The van der Waals surface area contributed by atoms with Crippen LogP contribution in [0.2, 0.25) is 0 Å². The summed E-state index contributed by atoms with van der Waals surface area (Å²) in [4.78, 5) is 12.3. The Kier molecular flexibility index (Phi) is 4.85. The van der Waals surface area contributed by atoms with Gasteiger partial charge in [0, 0.05) is 0 Å². The molecule has 1 saturated heterocycles. The Hall–Kier alpha value is -2.48. The average molecular weight is 382 g/mol. The Morgan fingerprint density at radius 3 is 2.31 bits per heavy atom. The third-order valence-electron chi connectivity index (χ3n) is 4.02. The second kappa shape index (κ2) is 6.35. The quantitative estimate of drug-likeness (QED) is 0.795. The molecule has 0 aliphatic carbocycles. The minimum atomic E-state index is -5.13. The number of hydrogen-bond donors (Lipinski definition) is 1. The molecule has 2 unspecified atom stereocenters. The van der Waals surface area contributed by atoms with E-state index < -0.39 is 59.1 Å². The summed E-state index contributed by atoms with van der Waals surface area (Å²) in [6, 6.07) is 1.04. The third-order valence-corrected chi connectivity index (χ3v) is 4.02. The van der Waals surface area contributed by atoms with E-state index in [9.17, 15) is 36.2 Å². The first kappa shape index (κ1) is 19.8. The molecule has 142 valence electrons. The van der Waals surface area contributed by atoms with Crippen molar-refractivity contribution in [2.75, 3.05) is 4.90 Å². The van der Waals surface area contributed by atoms with Crippen molar-refractivity contribution in [2.45, 2.75) is 44.4 Å². The van der Waals surface area contributed by atoms with Gasteiger partial charge >= 0.3 is 18.4 Å². The lowest BCUT2D eigenvalue weighted by molar-refractivity contribution is -0.212. The Morgan fingerprint density at radius 2 is 1.85 bits per heavy atom. The number of hydrogen-bond acceptors (Lipinski definition) is 4. The predicted octanol–water partition coefficient (Wildman–Crippen LogP) is 3.52. The molecule has 0 radical (unpaired) electrons. The Morgan fingerprint density at radius 1 is 1.27 bits per heavy atom. The molecule has 1 aromatic rings. The summed E-state index contributed by atoms with van der Waals surface area (Å²) in [5, 5.41) is 18.4. The van der Waals surface area contributed by atoms with Crippen molar-refractivity contribution in [3.63, 3.8) is 0 Å². The van der Waals surface area contributed by atoms with Crippen molar-refractivity contribution in [1.29, 1.82) is 5.26 Å². The molecule has 1 fully saturated rings. The highest BCUT2D eigenvalue weighted by atomic mass is 19.4. The predicted molar refractivity (Wildman–Crippen MR) is 75.2 cm³/mol. The van der Waals surface area contributed by atoms with Gasteiger partial charge in [-0.25, -0.2) is 4.79 Å². The molecule has 26 heavy (non-hydrogen) atoms. The molecule has 1 aliphatic rings. The van der Waals surface area contributed by atoms with Crippen LogP contribution in [0.1, 0.15) is 23.6 Å². The SMILES string of the molecule is Cc1c(N2C(=O)OC(C)C2[C@@H](O)C(F)(F)F)ccc(C#N)c1C(F)(F)F. The fourth-order valence-electron chi connectivity index (χ4n) is 2.89. The molecule has 2 rings (SSSR count). The first-order valence-electron chi connectivity index (χ1n) is 7.16. The maximum Gasteiger partial charge on any atom is 0.418 e. The van der Waals surface area contributed by atoms with E-state index >= 15 is 0 Å². The van der Waals surface area contributed by atoms with E-state index in [4.69, 9.17) is 5.26 Å². The van der Waals surface area contributed by atoms with E-state index in [0.717, 1.165) is 26.0 Å². The molecule has 1 aromatic carbocycles. The van der Waals surface area contributed by atoms with Crippen molar-refractivity contribution < 1.29 is 41.0 Å². The molecular formula is C15H12F6N2O3. The number of carbonyl (C=O) groups excluding carboxylic acids is 1. The largest absolute Gasteiger partial charge is 0.444 e. The maximum atomic E-state index is 13.3. The van der Waals surface area contributed by atoms with Gasteiger partial charge in [0.2, 0.25) is 0 Å². The summed E-state index contributed by atoms with van der Waals surface area (Å²) >= 11 is 0. The van der Waals surface area contributed by atoms with Crippen molar-refractivity contribution in [1.82, 2.24) is 0 Å². The summed E-state index contributed by atoms with van der Waals surface area (Å²) in [5.41, 5.74) is -3.27. The summed E-state index contributed by atoms with van der Waals surface area (Å²) < 4.78 is 83.2. The van der Waals surface area contributed by atoms with Crippen molar-refractivity contribution in [3.8, 4) is 6.07 Å². The zero-order valence-corrected chi connectivity index (χ0v) is 13.3. The number of ether oxygens (including phenoxy) is 1. The van der Waals surface area contributed by atoms with Gasteiger partial charge < -0.3 is 9.84 Å². The fraction of sp³-hybridized carbons (Fsp3) is 0.467. The van der Waals surface area contributed by atoms with Gasteiger partial charge in [-0.1, -0.05) is 0 Å². The molecule has 11 heteroatoms. The van der Waals surface area contributed by atoms with Crippen molar-refractivity contribution in [3.05, 3.63) is 28.8 Å². The van der Waals surface area contributed by atoms with Crippen LogP contribution in [0.15, 0.2) is 12.1 Å². The van der Waals surface area contributed by atoms with E-state index in [1.54, 1.807) is 0 Å². The topological polar surface area (TPSA) is 73.6 Å². The first-order valence-corrected chi connectivity index (χ1v) is 7.16. The minimum absolute atomic E-state index is 0.342. The fourth-order valence-corrected chi connectivity index (χ4v) is 2.89. The van der Waals surface area contributed by atoms with E-state index in [1.807, 2.05) is 0 Å². The molecule has 1 amide bonds. The van der Waals surface area contributed by atoms with Gasteiger partial charge in [-0.15, -0.1) is 0 Å². The molecule has 0 spiro atoms. The van der Waals surface area contributed by atoms with Gasteiger partial charge in [-0.2, -0.15) is 31.6 Å². The van der Waals surface area contributed by atoms with Crippen LogP contribution in [0.25, 0.3) is 0 Å². The number of aliphatic hydroxyl groups is 1. The number of nitrogens with zero attached hydrogens (tertiary/aromatic N) is 2. The Balaban J connectivity index is 2.66. The van der Waals surface area contributed by atoms with Gasteiger partial charge in [0.1, 0.15) is 12.1 Å². The lowest BCUT2D eigenvalue weighted by atomic mass is 9.97. The lowest BCUT2D eigenvalue weighted by Crippen LogP contribution is -2.51. The van der Waals surface area contributed by atoms with Crippen LogP contribution in [-0.4, -0.2) is 35.6 Å². The van der Waals surface area contributed by atoms with Crippen LogP contribution in [0, 0.1) is 18.3 Å². The normalized spacial score (nSPS) is 22.2. The monoisotopic (exact) mass is 382 g/mol. The number of cyclic esters (lactones) is 1. The standard InChI is InChI=1S/C15H12F6N2O3/c1-6-9(4-3-8(5-22)10(6)14(16,17)18)23-11(7(2)26-13(23)25)12(24)15(19,20)21/h3-4,7,11-12,24H,1-2H3/t7?,11?,12-/m1/s1. The molecule has 0 aromatic heterocycles. The molecule has 0 bridgehead atoms. The van der Waals surface area contributed by atoms with Gasteiger partial charge in [-0.05, 0) is 31.5 Å². The number of benzene rings is 1. The molecular weight excluding hydrogens is 370 g/mol. The lowest BCUT2D eigenvalue weighted by Gasteiger charge is -2.30. The van der Waals surface area contributed by atoms with Crippen molar-refractivity contribution in [2.24, 2.45) is 0 Å². The molecule has 0 saturated carbocycles. The molecule has 3 atom stereocenters. The van der Waals surface area contributed by atoms with E-state index in [-0.39, 0.29) is 0 Å². The maximum absolute atomic E-state index is 13.3. The zero-order chi connectivity index (χ0) is 20.0. The average Bonchev–Trinajstić information content (AvgIpc) is 2.77. The Bertz CT molecular complexity index is 768. The summed E-state index contributed by atoms with van der Waals surface area (Å²) in [6.45, 7) is 2.01. The van der Waals surface area contributed by atoms with Crippen LogP contribution in [0.4, 0.5) is 36.8 Å². The number of alkyl halides is 6. The summed E-state index contributed by atoms with van der Waals surface area (Å²) in [6.07, 6.45) is -15.9. The first-order chi connectivity index (χ1) is 11.8. The number of rotatable bonds is 2. The van der Waals surface area contributed by atoms with Gasteiger partial charge in [0.25, 0.3) is 0 Å². The van der Waals surface area contributed by atoms with E-state index in [2.05, 4.69) is 4.74 Å². The third kappa shape index (κ3) is 3.29. The highest BCUT2D eigenvalue weighted by molar-refractivity contribution is 5.92. The van der Waals surface area contributed by atoms with Gasteiger partial charge in [-0.3, -0.25) is 4.90 Å². The second-order valence-electron chi connectivity index (χ2n) is 5.68. The van der Waals surface area contributed by atoms with Crippen LogP contribution >= 0.6 is 0 Å². The summed E-state index contributed by atoms with van der Waals surface area (Å²) in [7, 11) is 0. The number of amides is 1. The van der Waals surface area contributed by atoms with Crippen LogP contribution in [0.5, 0.6) is 0 Å². The number of halogens is 6. The highest BCUT2D eigenvalue weighted by Crippen LogP contribution is 2.41. The van der Waals surface area contributed by atoms with Gasteiger partial charge in [0.05, 0.1) is 22.9 Å². The summed E-state index contributed by atoms with van der Waals surface area (Å²) in [5.74, 6) is 0. The Labute approximate surface area is 143 Å². The van der Waals surface area contributed by atoms with E-state index in [1.165, 1.54) is 6.07 Å².